The molecule has 0 radical (unpaired) electrons. The topological polar surface area (TPSA) is 70.9 Å². The van der Waals surface area contributed by atoms with Crippen molar-refractivity contribution in [1.82, 2.24) is 15.3 Å². The van der Waals surface area contributed by atoms with Gasteiger partial charge >= 0.3 is 0 Å². The molecule has 0 fully saturated rings. The summed E-state index contributed by atoms with van der Waals surface area (Å²) >= 11 is 0. The second-order valence-electron chi connectivity index (χ2n) is 3.13. The van der Waals surface area contributed by atoms with E-state index >= 15 is 0 Å². The van der Waals surface area contributed by atoms with Gasteiger partial charge in [-0.05, 0) is 13.1 Å². The fraction of sp³-hybridized carbons (Fsp3) is 0.200. The summed E-state index contributed by atoms with van der Waals surface area (Å²) in [6.45, 7) is 0.564. The third-order valence-electron chi connectivity index (χ3n) is 1.95. The minimum absolute atomic E-state index is 0.161. The van der Waals surface area contributed by atoms with Crippen LogP contribution in [0.1, 0.15) is 5.69 Å². The minimum Gasteiger partial charge on any atom is -0.472 e. The quantitative estimate of drug-likeness (QED) is 0.775. The number of nitrogens with zero attached hydrogens (tertiary/aromatic N) is 1. The molecule has 2 aromatic rings. The highest BCUT2D eigenvalue weighted by Gasteiger charge is 2.04. The first-order chi connectivity index (χ1) is 7.29. The van der Waals surface area contributed by atoms with Gasteiger partial charge in [0.05, 0.1) is 17.5 Å². The molecule has 0 aliphatic carbocycles. The number of H-pyrrole nitrogens is 1. The molecule has 78 valence electrons. The van der Waals surface area contributed by atoms with Crippen molar-refractivity contribution in [3.8, 4) is 11.4 Å². The van der Waals surface area contributed by atoms with E-state index in [4.69, 9.17) is 4.42 Å². The van der Waals surface area contributed by atoms with E-state index in [0.717, 1.165) is 5.56 Å². The van der Waals surface area contributed by atoms with Crippen molar-refractivity contribution in [2.75, 3.05) is 7.05 Å². The van der Waals surface area contributed by atoms with Gasteiger partial charge in [-0.1, -0.05) is 0 Å². The summed E-state index contributed by atoms with van der Waals surface area (Å²) in [6, 6.07) is 3.22. The highest BCUT2D eigenvalue weighted by molar-refractivity contribution is 5.52. The number of hydrogen-bond acceptors (Lipinski definition) is 4. The van der Waals surface area contributed by atoms with Crippen LogP contribution in [-0.4, -0.2) is 17.0 Å². The Morgan fingerprint density at radius 3 is 3.13 bits per heavy atom. The summed E-state index contributed by atoms with van der Waals surface area (Å²) in [4.78, 5) is 18.3. The van der Waals surface area contributed by atoms with Gasteiger partial charge in [0.1, 0.15) is 12.1 Å². The van der Waals surface area contributed by atoms with Crippen molar-refractivity contribution in [3.63, 3.8) is 0 Å². The molecule has 0 amide bonds. The second kappa shape index (κ2) is 4.10. The Morgan fingerprint density at radius 1 is 1.60 bits per heavy atom. The predicted molar refractivity (Wildman–Crippen MR) is 55.3 cm³/mol. The van der Waals surface area contributed by atoms with E-state index in [1.165, 1.54) is 6.07 Å². The van der Waals surface area contributed by atoms with Crippen molar-refractivity contribution in [1.29, 1.82) is 0 Å². The average Bonchev–Trinajstić information content (AvgIpc) is 2.70. The van der Waals surface area contributed by atoms with Gasteiger partial charge in [0.25, 0.3) is 5.56 Å². The van der Waals surface area contributed by atoms with E-state index < -0.39 is 0 Å². The Balaban J connectivity index is 2.44. The molecule has 2 N–H and O–H groups in total. The van der Waals surface area contributed by atoms with Crippen LogP contribution in [0.25, 0.3) is 11.4 Å². The van der Waals surface area contributed by atoms with Gasteiger partial charge in [0.2, 0.25) is 0 Å². The molecular formula is C10H11N3O2. The predicted octanol–water partition coefficient (Wildman–Crippen LogP) is 0.749. The van der Waals surface area contributed by atoms with Gasteiger partial charge < -0.3 is 14.7 Å². The molecule has 0 atom stereocenters. The van der Waals surface area contributed by atoms with Crippen LogP contribution < -0.4 is 10.9 Å². The highest BCUT2D eigenvalue weighted by Crippen LogP contribution is 2.13. The molecule has 15 heavy (non-hydrogen) atoms. The summed E-state index contributed by atoms with van der Waals surface area (Å²) in [5.41, 5.74) is 1.31. The van der Waals surface area contributed by atoms with E-state index in [9.17, 15) is 4.79 Å². The molecule has 0 bridgehead atoms. The Morgan fingerprint density at radius 2 is 2.47 bits per heavy atom. The van der Waals surface area contributed by atoms with Gasteiger partial charge in [-0.25, -0.2) is 4.98 Å². The van der Waals surface area contributed by atoms with Crippen molar-refractivity contribution < 1.29 is 4.42 Å². The molecule has 5 nitrogen and oxygen atoms in total. The van der Waals surface area contributed by atoms with Crippen LogP contribution in [0.5, 0.6) is 0 Å². The fourth-order valence-electron chi connectivity index (χ4n) is 1.32. The summed E-state index contributed by atoms with van der Waals surface area (Å²) in [5, 5.41) is 2.95. The van der Waals surface area contributed by atoms with Crippen LogP contribution >= 0.6 is 0 Å². The first kappa shape index (κ1) is 9.67. The van der Waals surface area contributed by atoms with Gasteiger partial charge in [-0.15, -0.1) is 0 Å². The van der Waals surface area contributed by atoms with E-state index in [0.29, 0.717) is 18.1 Å². The molecule has 0 aromatic carbocycles. The smallest absolute Gasteiger partial charge is 0.251 e. The second-order valence-corrected chi connectivity index (χ2v) is 3.13. The molecule has 0 unspecified atom stereocenters. The number of furan rings is 1. The Kier molecular flexibility index (Phi) is 2.64. The zero-order valence-corrected chi connectivity index (χ0v) is 8.28. The van der Waals surface area contributed by atoms with Crippen LogP contribution in [0.4, 0.5) is 0 Å². The van der Waals surface area contributed by atoms with Crippen LogP contribution in [0.2, 0.25) is 0 Å². The van der Waals surface area contributed by atoms with Gasteiger partial charge in [-0.3, -0.25) is 4.79 Å². The minimum atomic E-state index is -0.161. The summed E-state index contributed by atoms with van der Waals surface area (Å²) in [7, 11) is 1.81. The normalized spacial score (nSPS) is 10.5. The molecule has 2 rings (SSSR count). The van der Waals surface area contributed by atoms with E-state index in [1.54, 1.807) is 25.6 Å². The molecule has 2 heterocycles. The molecule has 5 heteroatoms. The molecule has 0 aliphatic rings. The zero-order valence-electron chi connectivity index (χ0n) is 8.28. The van der Waals surface area contributed by atoms with Crippen molar-refractivity contribution in [2.45, 2.75) is 6.54 Å². The number of rotatable bonds is 3. The summed E-state index contributed by atoms with van der Waals surface area (Å²) in [6.07, 6.45) is 3.08. The number of aromatic nitrogens is 2. The Hall–Kier alpha value is -1.88. The standard InChI is InChI=1S/C10H11N3O2/c1-11-5-8-4-9(14)13-10(12-8)7-2-3-15-6-7/h2-4,6,11H,5H2,1H3,(H,12,13,14). The molecule has 0 saturated carbocycles. The number of hydrogen-bond donors (Lipinski definition) is 2. The van der Waals surface area contributed by atoms with Crippen LogP contribution in [0, 0.1) is 0 Å². The number of aromatic amines is 1. The molecule has 0 aliphatic heterocycles. The van der Waals surface area contributed by atoms with Gasteiger partial charge in [0, 0.05) is 12.6 Å². The van der Waals surface area contributed by atoms with Gasteiger partial charge in [0.15, 0.2) is 0 Å². The lowest BCUT2D eigenvalue weighted by Gasteiger charge is -2.01. The maximum atomic E-state index is 11.3. The van der Waals surface area contributed by atoms with Crippen molar-refractivity contribution >= 4 is 0 Å². The average molecular weight is 205 g/mol. The van der Waals surface area contributed by atoms with E-state index in [-0.39, 0.29) is 5.56 Å². The Bertz CT molecular complexity index is 488. The zero-order chi connectivity index (χ0) is 10.7. The molecule has 0 spiro atoms. The maximum Gasteiger partial charge on any atom is 0.251 e. The number of nitrogens with one attached hydrogen (secondary N) is 2. The van der Waals surface area contributed by atoms with E-state index in [2.05, 4.69) is 15.3 Å². The third-order valence-corrected chi connectivity index (χ3v) is 1.95. The fourth-order valence-corrected chi connectivity index (χ4v) is 1.32. The first-order valence-electron chi connectivity index (χ1n) is 4.57. The molecular weight excluding hydrogens is 194 g/mol. The summed E-state index contributed by atoms with van der Waals surface area (Å²) < 4.78 is 4.93. The lowest BCUT2D eigenvalue weighted by atomic mass is 10.3. The maximum absolute atomic E-state index is 11.3. The van der Waals surface area contributed by atoms with Gasteiger partial charge in [-0.2, -0.15) is 0 Å². The summed E-state index contributed by atoms with van der Waals surface area (Å²) in [5.74, 6) is 0.529. The Labute approximate surface area is 86.2 Å². The lowest BCUT2D eigenvalue weighted by molar-refractivity contribution is 0.568. The van der Waals surface area contributed by atoms with Crippen LogP contribution in [-0.2, 0) is 6.54 Å². The monoisotopic (exact) mass is 205 g/mol. The molecule has 2 aromatic heterocycles. The first-order valence-corrected chi connectivity index (χ1v) is 4.57. The molecule has 0 saturated heterocycles. The lowest BCUT2D eigenvalue weighted by Crippen LogP contribution is -2.14. The largest absolute Gasteiger partial charge is 0.472 e. The van der Waals surface area contributed by atoms with E-state index in [1.807, 2.05) is 0 Å². The van der Waals surface area contributed by atoms with Crippen molar-refractivity contribution in [2.24, 2.45) is 0 Å². The van der Waals surface area contributed by atoms with Crippen LogP contribution in [0.15, 0.2) is 33.9 Å². The SMILES string of the molecule is CNCc1cc(=O)[nH]c(-c2ccoc2)n1. The third kappa shape index (κ3) is 2.13. The highest BCUT2D eigenvalue weighted by atomic mass is 16.3. The van der Waals surface area contributed by atoms with Crippen molar-refractivity contribution in [3.05, 3.63) is 40.7 Å². The van der Waals surface area contributed by atoms with Crippen LogP contribution in [0.3, 0.4) is 0 Å².